The Labute approximate surface area is 215 Å². The molecule has 1 saturated heterocycles. The van der Waals surface area contributed by atoms with Crippen molar-refractivity contribution in [3.05, 3.63) is 77.3 Å². The van der Waals surface area contributed by atoms with Gasteiger partial charge in [-0.2, -0.15) is 0 Å². The normalized spacial score (nSPS) is 13.5. The Morgan fingerprint density at radius 3 is 2.50 bits per heavy atom. The molecule has 1 heterocycles. The van der Waals surface area contributed by atoms with Crippen LogP contribution in [0.3, 0.4) is 0 Å². The summed E-state index contributed by atoms with van der Waals surface area (Å²) in [5.74, 6) is 0.00145. The molecule has 0 aromatic heterocycles. The van der Waals surface area contributed by atoms with E-state index in [1.54, 1.807) is 35.2 Å². The highest BCUT2D eigenvalue weighted by Crippen LogP contribution is 2.30. The van der Waals surface area contributed by atoms with Crippen LogP contribution in [0, 0.1) is 6.92 Å². The molecule has 0 spiro atoms. The minimum atomic E-state index is -4.11. The van der Waals surface area contributed by atoms with Gasteiger partial charge in [-0.1, -0.05) is 23.7 Å². The molecule has 0 atom stereocenters. The second-order valence-electron chi connectivity index (χ2n) is 8.37. The summed E-state index contributed by atoms with van der Waals surface area (Å²) in [5.41, 5.74) is 2.35. The summed E-state index contributed by atoms with van der Waals surface area (Å²) in [5, 5.41) is 3.10. The smallest absolute Gasteiger partial charge is 0.264 e. The van der Waals surface area contributed by atoms with Gasteiger partial charge in [0.15, 0.2) is 0 Å². The summed E-state index contributed by atoms with van der Waals surface area (Å²) in [7, 11) is -2.62. The van der Waals surface area contributed by atoms with E-state index in [9.17, 15) is 18.0 Å². The number of hydrogen-bond donors (Lipinski definition) is 1. The average Bonchev–Trinajstić information content (AvgIpc) is 3.29. The molecule has 0 radical (unpaired) electrons. The van der Waals surface area contributed by atoms with Gasteiger partial charge in [0.1, 0.15) is 12.3 Å². The molecule has 8 nitrogen and oxygen atoms in total. The number of amides is 2. The number of methoxy groups -OCH3 is 1. The van der Waals surface area contributed by atoms with Crippen LogP contribution in [-0.4, -0.2) is 40.4 Å². The van der Waals surface area contributed by atoms with E-state index >= 15 is 0 Å². The Morgan fingerprint density at radius 1 is 1.11 bits per heavy atom. The van der Waals surface area contributed by atoms with Crippen LogP contribution in [0.15, 0.2) is 71.6 Å². The first-order valence-corrected chi connectivity index (χ1v) is 13.1. The number of anilines is 3. The van der Waals surface area contributed by atoms with Crippen LogP contribution in [0.1, 0.15) is 18.4 Å². The van der Waals surface area contributed by atoms with Crippen molar-refractivity contribution in [2.45, 2.75) is 24.7 Å². The molecular formula is C26H26ClN3O5S. The molecule has 1 aliphatic rings. The van der Waals surface area contributed by atoms with Gasteiger partial charge >= 0.3 is 0 Å². The maximum absolute atomic E-state index is 13.6. The third-order valence-electron chi connectivity index (χ3n) is 5.89. The average molecular weight is 528 g/mol. The first-order chi connectivity index (χ1) is 17.2. The van der Waals surface area contributed by atoms with Crippen molar-refractivity contribution in [1.29, 1.82) is 0 Å². The van der Waals surface area contributed by atoms with Gasteiger partial charge in [0, 0.05) is 29.4 Å². The number of benzene rings is 3. The van der Waals surface area contributed by atoms with Crippen LogP contribution in [-0.2, 0) is 19.6 Å². The van der Waals surface area contributed by atoms with E-state index in [2.05, 4.69) is 5.32 Å². The zero-order valence-corrected chi connectivity index (χ0v) is 21.5. The highest BCUT2D eigenvalue weighted by atomic mass is 35.5. The van der Waals surface area contributed by atoms with E-state index in [4.69, 9.17) is 16.3 Å². The molecule has 0 saturated carbocycles. The minimum Gasteiger partial charge on any atom is -0.497 e. The zero-order chi connectivity index (χ0) is 25.9. The van der Waals surface area contributed by atoms with Crippen LogP contribution in [0.25, 0.3) is 0 Å². The SMILES string of the molecule is COc1ccc(S(=O)(=O)N(CC(=O)Nc2ccc(C)c(N3CCCC3=O)c2)c2cccc(Cl)c2)cc1. The van der Waals surface area contributed by atoms with Gasteiger partial charge < -0.3 is 15.0 Å². The highest BCUT2D eigenvalue weighted by Gasteiger charge is 2.28. The standard InChI is InChI=1S/C26H26ClN3O5S/c1-18-8-9-20(16-24(18)29-14-4-7-26(29)32)28-25(31)17-30(21-6-3-5-19(27)15-21)36(33,34)23-12-10-22(35-2)11-13-23/h3,5-6,8-13,15-16H,4,7,14,17H2,1-2H3,(H,28,31). The number of ether oxygens (including phenoxy) is 1. The second kappa shape index (κ2) is 10.6. The summed E-state index contributed by atoms with van der Waals surface area (Å²) in [6.45, 7) is 2.04. The number of halogens is 1. The molecule has 188 valence electrons. The predicted molar refractivity (Wildman–Crippen MR) is 140 cm³/mol. The monoisotopic (exact) mass is 527 g/mol. The van der Waals surface area contributed by atoms with Crippen LogP contribution in [0.4, 0.5) is 17.1 Å². The Morgan fingerprint density at radius 2 is 1.86 bits per heavy atom. The molecule has 2 amide bonds. The summed E-state index contributed by atoms with van der Waals surface area (Å²) < 4.78 is 33.2. The summed E-state index contributed by atoms with van der Waals surface area (Å²) in [6.07, 6.45) is 1.28. The molecule has 1 aliphatic heterocycles. The van der Waals surface area contributed by atoms with Gasteiger partial charge in [0.05, 0.1) is 17.7 Å². The van der Waals surface area contributed by atoms with Crippen molar-refractivity contribution in [3.8, 4) is 5.75 Å². The van der Waals surface area contributed by atoms with Gasteiger partial charge in [0.25, 0.3) is 10.0 Å². The van der Waals surface area contributed by atoms with E-state index in [0.717, 1.165) is 22.0 Å². The van der Waals surface area contributed by atoms with E-state index in [-0.39, 0.29) is 16.5 Å². The summed E-state index contributed by atoms with van der Waals surface area (Å²) >= 11 is 6.13. The first kappa shape index (κ1) is 25.5. The van der Waals surface area contributed by atoms with Crippen molar-refractivity contribution in [2.24, 2.45) is 0 Å². The minimum absolute atomic E-state index is 0.00115. The molecule has 3 aromatic carbocycles. The number of hydrogen-bond acceptors (Lipinski definition) is 5. The summed E-state index contributed by atoms with van der Waals surface area (Å²) in [6, 6.07) is 17.5. The Kier molecular flexibility index (Phi) is 7.51. The van der Waals surface area contributed by atoms with Crippen molar-refractivity contribution in [2.75, 3.05) is 34.7 Å². The molecule has 4 rings (SSSR count). The number of sulfonamides is 1. The Bertz CT molecular complexity index is 1390. The van der Waals surface area contributed by atoms with Crippen LogP contribution >= 0.6 is 11.6 Å². The number of nitrogens with zero attached hydrogens (tertiary/aromatic N) is 2. The maximum Gasteiger partial charge on any atom is 0.264 e. The number of carbonyl (C=O) groups excluding carboxylic acids is 2. The highest BCUT2D eigenvalue weighted by molar-refractivity contribution is 7.92. The molecular weight excluding hydrogens is 502 g/mol. The van der Waals surface area contributed by atoms with Crippen molar-refractivity contribution < 1.29 is 22.7 Å². The van der Waals surface area contributed by atoms with Crippen molar-refractivity contribution >= 4 is 50.5 Å². The molecule has 3 aromatic rings. The molecule has 1 fully saturated rings. The van der Waals surface area contributed by atoms with Crippen molar-refractivity contribution in [1.82, 2.24) is 0 Å². The van der Waals surface area contributed by atoms with E-state index in [1.165, 1.54) is 37.4 Å². The maximum atomic E-state index is 13.6. The summed E-state index contributed by atoms with van der Waals surface area (Å²) in [4.78, 5) is 27.0. The van der Waals surface area contributed by atoms with Gasteiger partial charge in [-0.05, 0) is 73.5 Å². The lowest BCUT2D eigenvalue weighted by atomic mass is 10.1. The van der Waals surface area contributed by atoms with Crippen LogP contribution in [0.2, 0.25) is 5.02 Å². The molecule has 0 bridgehead atoms. The van der Waals surface area contributed by atoms with Crippen LogP contribution in [0.5, 0.6) is 5.75 Å². The van der Waals surface area contributed by atoms with E-state index < -0.39 is 22.5 Å². The molecule has 36 heavy (non-hydrogen) atoms. The fourth-order valence-corrected chi connectivity index (χ4v) is 5.63. The molecule has 0 aliphatic carbocycles. The van der Waals surface area contributed by atoms with Gasteiger partial charge in [0.2, 0.25) is 11.8 Å². The lowest BCUT2D eigenvalue weighted by molar-refractivity contribution is -0.117. The number of rotatable bonds is 8. The second-order valence-corrected chi connectivity index (χ2v) is 10.7. The van der Waals surface area contributed by atoms with Gasteiger partial charge in [-0.25, -0.2) is 8.42 Å². The zero-order valence-electron chi connectivity index (χ0n) is 19.9. The Hall–Kier alpha value is -3.56. The van der Waals surface area contributed by atoms with Crippen LogP contribution < -0.4 is 19.3 Å². The third-order valence-corrected chi connectivity index (χ3v) is 7.91. The lowest BCUT2D eigenvalue weighted by Gasteiger charge is -2.25. The Balaban J connectivity index is 1.62. The lowest BCUT2D eigenvalue weighted by Crippen LogP contribution is -2.38. The number of aryl methyl sites for hydroxylation is 1. The molecule has 1 N–H and O–H groups in total. The van der Waals surface area contributed by atoms with Gasteiger partial charge in [-0.15, -0.1) is 0 Å². The first-order valence-electron chi connectivity index (χ1n) is 11.3. The largest absolute Gasteiger partial charge is 0.497 e. The van der Waals surface area contributed by atoms with Gasteiger partial charge in [-0.3, -0.25) is 13.9 Å². The number of nitrogens with one attached hydrogen (secondary N) is 1. The fourth-order valence-electron chi connectivity index (χ4n) is 4.03. The quantitative estimate of drug-likeness (QED) is 0.461. The molecule has 10 heteroatoms. The van der Waals surface area contributed by atoms with Crippen molar-refractivity contribution in [3.63, 3.8) is 0 Å². The number of carbonyl (C=O) groups is 2. The van der Waals surface area contributed by atoms with E-state index in [0.29, 0.717) is 29.4 Å². The van der Waals surface area contributed by atoms with E-state index in [1.807, 2.05) is 13.0 Å². The fraction of sp³-hybridized carbons (Fsp3) is 0.231. The molecule has 0 unspecified atom stereocenters. The third kappa shape index (κ3) is 5.47. The predicted octanol–water partition coefficient (Wildman–Crippen LogP) is 4.62. The topological polar surface area (TPSA) is 96.0 Å².